The Morgan fingerprint density at radius 1 is 0.947 bits per heavy atom. The van der Waals surface area contributed by atoms with Crippen LogP contribution in [0.25, 0.3) is 0 Å². The van der Waals surface area contributed by atoms with Crippen molar-refractivity contribution in [1.82, 2.24) is 5.32 Å². The number of ether oxygens (including phenoxy) is 1. The van der Waals surface area contributed by atoms with Gasteiger partial charge in [-0.1, -0.05) is 12.1 Å². The molecule has 0 spiro atoms. The van der Waals surface area contributed by atoms with Gasteiger partial charge in [-0.2, -0.15) is 0 Å². The van der Waals surface area contributed by atoms with Gasteiger partial charge in [0.1, 0.15) is 11.5 Å². The quantitative estimate of drug-likeness (QED) is 0.899. The molecule has 0 fully saturated rings. The minimum atomic E-state index is -0.919. The van der Waals surface area contributed by atoms with Crippen molar-refractivity contribution in [2.45, 2.75) is 13.0 Å². The molecule has 0 bridgehead atoms. The zero-order valence-electron chi connectivity index (χ0n) is 10.8. The Hall–Kier alpha value is -1.94. The van der Waals surface area contributed by atoms with Crippen LogP contribution in [-0.4, -0.2) is 7.05 Å². The summed E-state index contributed by atoms with van der Waals surface area (Å²) in [7, 11) is 1.89. The summed E-state index contributed by atoms with van der Waals surface area (Å²) < 4.78 is 31.3. The maximum atomic E-state index is 13.0. The smallest absolute Gasteiger partial charge is 0.162 e. The zero-order chi connectivity index (χ0) is 13.8. The van der Waals surface area contributed by atoms with Crippen molar-refractivity contribution >= 4 is 0 Å². The van der Waals surface area contributed by atoms with Crippen LogP contribution in [0.2, 0.25) is 0 Å². The standard InChI is InChI=1S/C15H15F2NO/c1-10(18-2)11-3-5-12(6-4-11)19-13-7-8-14(16)15(17)9-13/h3-10,18H,1-2H3. The molecule has 0 aromatic heterocycles. The van der Waals surface area contributed by atoms with Crippen molar-refractivity contribution in [3.63, 3.8) is 0 Å². The largest absolute Gasteiger partial charge is 0.457 e. The van der Waals surface area contributed by atoms with E-state index in [9.17, 15) is 8.78 Å². The fourth-order valence-electron chi connectivity index (χ4n) is 1.67. The average molecular weight is 263 g/mol. The Morgan fingerprint density at radius 2 is 1.58 bits per heavy atom. The van der Waals surface area contributed by atoms with E-state index in [0.717, 1.165) is 17.7 Å². The highest BCUT2D eigenvalue weighted by Crippen LogP contribution is 2.24. The molecule has 2 rings (SSSR count). The van der Waals surface area contributed by atoms with Crippen molar-refractivity contribution < 1.29 is 13.5 Å². The number of halogens is 2. The summed E-state index contributed by atoms with van der Waals surface area (Å²) in [5.41, 5.74) is 1.13. The van der Waals surface area contributed by atoms with Gasteiger partial charge in [-0.15, -0.1) is 0 Å². The van der Waals surface area contributed by atoms with Crippen LogP contribution < -0.4 is 10.1 Å². The summed E-state index contributed by atoms with van der Waals surface area (Å²) in [5.74, 6) is -0.949. The van der Waals surface area contributed by atoms with Gasteiger partial charge in [-0.25, -0.2) is 8.78 Å². The summed E-state index contributed by atoms with van der Waals surface area (Å²) >= 11 is 0. The molecule has 0 radical (unpaired) electrons. The first kappa shape index (κ1) is 13.5. The molecule has 2 aromatic carbocycles. The van der Waals surface area contributed by atoms with Crippen LogP contribution in [-0.2, 0) is 0 Å². The third-order valence-electron chi connectivity index (χ3n) is 2.94. The maximum Gasteiger partial charge on any atom is 0.162 e. The van der Waals surface area contributed by atoms with E-state index in [4.69, 9.17) is 4.74 Å². The van der Waals surface area contributed by atoms with Crippen LogP contribution in [0.15, 0.2) is 42.5 Å². The van der Waals surface area contributed by atoms with E-state index in [-0.39, 0.29) is 11.8 Å². The van der Waals surface area contributed by atoms with Crippen molar-refractivity contribution in [2.24, 2.45) is 0 Å². The van der Waals surface area contributed by atoms with Gasteiger partial charge >= 0.3 is 0 Å². The van der Waals surface area contributed by atoms with Crippen LogP contribution in [0, 0.1) is 11.6 Å². The molecule has 0 aliphatic heterocycles. The molecule has 0 saturated carbocycles. The summed E-state index contributed by atoms with van der Waals surface area (Å²) in [4.78, 5) is 0. The van der Waals surface area contributed by atoms with E-state index < -0.39 is 11.6 Å². The van der Waals surface area contributed by atoms with Crippen molar-refractivity contribution in [3.05, 3.63) is 59.7 Å². The molecule has 19 heavy (non-hydrogen) atoms. The Balaban J connectivity index is 2.12. The van der Waals surface area contributed by atoms with Gasteiger partial charge in [-0.3, -0.25) is 0 Å². The van der Waals surface area contributed by atoms with Crippen molar-refractivity contribution in [2.75, 3.05) is 7.05 Å². The lowest BCUT2D eigenvalue weighted by atomic mass is 10.1. The van der Waals surface area contributed by atoms with E-state index in [2.05, 4.69) is 5.32 Å². The lowest BCUT2D eigenvalue weighted by Crippen LogP contribution is -2.11. The SMILES string of the molecule is CNC(C)c1ccc(Oc2ccc(F)c(F)c2)cc1. The van der Waals surface area contributed by atoms with Gasteiger partial charge in [0.2, 0.25) is 0 Å². The predicted molar refractivity (Wildman–Crippen MR) is 70.3 cm³/mol. The topological polar surface area (TPSA) is 21.3 Å². The monoisotopic (exact) mass is 263 g/mol. The van der Waals surface area contributed by atoms with Gasteiger partial charge < -0.3 is 10.1 Å². The zero-order valence-corrected chi connectivity index (χ0v) is 10.8. The third-order valence-corrected chi connectivity index (χ3v) is 2.94. The Morgan fingerprint density at radius 3 is 2.16 bits per heavy atom. The predicted octanol–water partition coefficient (Wildman–Crippen LogP) is 4.04. The molecule has 1 unspecified atom stereocenters. The molecule has 0 aliphatic carbocycles. The Bertz CT molecular complexity index is 555. The van der Waals surface area contributed by atoms with Crippen LogP contribution in [0.1, 0.15) is 18.5 Å². The molecule has 0 aliphatic rings. The molecule has 1 atom stereocenters. The summed E-state index contributed by atoms with van der Waals surface area (Å²) in [5, 5.41) is 3.13. The fourth-order valence-corrected chi connectivity index (χ4v) is 1.67. The van der Waals surface area contributed by atoms with Crippen molar-refractivity contribution in [1.29, 1.82) is 0 Å². The molecule has 100 valence electrons. The highest BCUT2D eigenvalue weighted by atomic mass is 19.2. The second-order valence-corrected chi connectivity index (χ2v) is 4.26. The van der Waals surface area contributed by atoms with Crippen molar-refractivity contribution in [3.8, 4) is 11.5 Å². The van der Waals surface area contributed by atoms with E-state index in [0.29, 0.717) is 5.75 Å². The highest BCUT2D eigenvalue weighted by molar-refractivity contribution is 5.34. The number of nitrogens with one attached hydrogen (secondary N) is 1. The fraction of sp³-hybridized carbons (Fsp3) is 0.200. The van der Waals surface area contributed by atoms with E-state index in [1.165, 1.54) is 6.07 Å². The molecule has 0 amide bonds. The number of hydrogen-bond acceptors (Lipinski definition) is 2. The maximum absolute atomic E-state index is 13.0. The first-order valence-electron chi connectivity index (χ1n) is 6.00. The van der Waals surface area contributed by atoms with Gasteiger partial charge in [0.05, 0.1) is 0 Å². The number of benzene rings is 2. The summed E-state index contributed by atoms with van der Waals surface area (Å²) in [6.07, 6.45) is 0. The minimum Gasteiger partial charge on any atom is -0.457 e. The molecule has 0 saturated heterocycles. The average Bonchev–Trinajstić information content (AvgIpc) is 2.43. The second kappa shape index (κ2) is 5.80. The first-order valence-corrected chi connectivity index (χ1v) is 6.00. The Kier molecular flexibility index (Phi) is 4.12. The van der Waals surface area contributed by atoms with Gasteiger partial charge in [0.25, 0.3) is 0 Å². The van der Waals surface area contributed by atoms with Gasteiger partial charge in [0, 0.05) is 12.1 Å². The summed E-state index contributed by atoms with van der Waals surface area (Å²) in [6.45, 7) is 2.05. The lowest BCUT2D eigenvalue weighted by Gasteiger charge is -2.11. The van der Waals surface area contributed by atoms with Crippen LogP contribution >= 0.6 is 0 Å². The molecule has 2 aromatic rings. The van der Waals surface area contributed by atoms with E-state index in [1.807, 2.05) is 26.1 Å². The number of hydrogen-bond donors (Lipinski definition) is 1. The van der Waals surface area contributed by atoms with Crippen LogP contribution in [0.3, 0.4) is 0 Å². The van der Waals surface area contributed by atoms with Crippen LogP contribution in [0.5, 0.6) is 11.5 Å². The Labute approximate surface area is 111 Å². The molecular formula is C15H15F2NO. The summed E-state index contributed by atoms with van der Waals surface area (Å²) in [6, 6.07) is 11.2. The molecular weight excluding hydrogens is 248 g/mol. The molecule has 2 nitrogen and oxygen atoms in total. The van der Waals surface area contributed by atoms with Gasteiger partial charge in [-0.05, 0) is 43.8 Å². The molecule has 0 heterocycles. The third kappa shape index (κ3) is 3.29. The van der Waals surface area contributed by atoms with Gasteiger partial charge in [0.15, 0.2) is 11.6 Å². The second-order valence-electron chi connectivity index (χ2n) is 4.26. The molecule has 1 N–H and O–H groups in total. The van der Waals surface area contributed by atoms with E-state index >= 15 is 0 Å². The molecule has 4 heteroatoms. The number of rotatable bonds is 4. The first-order chi connectivity index (χ1) is 9.10. The minimum absolute atomic E-state index is 0.248. The highest BCUT2D eigenvalue weighted by Gasteiger charge is 2.05. The van der Waals surface area contributed by atoms with Crippen LogP contribution in [0.4, 0.5) is 8.78 Å². The normalized spacial score (nSPS) is 12.2. The lowest BCUT2D eigenvalue weighted by molar-refractivity contribution is 0.461. The van der Waals surface area contributed by atoms with E-state index in [1.54, 1.807) is 12.1 Å².